The fraction of sp³-hybridized carbons (Fsp3) is 0.133. The Morgan fingerprint density at radius 1 is 1.14 bits per heavy atom. The first-order chi connectivity index (χ1) is 10.0. The van der Waals surface area contributed by atoms with E-state index in [1.54, 1.807) is 29.6 Å². The SMILES string of the molecule is COC(=O)c1sccc1N1C(=O)c2ccc(C)cc2C1=O. The molecule has 0 spiro atoms. The van der Waals surface area contributed by atoms with Crippen molar-refractivity contribution in [2.24, 2.45) is 0 Å². The van der Waals surface area contributed by atoms with Crippen LogP contribution in [-0.2, 0) is 4.74 Å². The largest absolute Gasteiger partial charge is 0.465 e. The monoisotopic (exact) mass is 301 g/mol. The van der Waals surface area contributed by atoms with Gasteiger partial charge in [0.15, 0.2) is 0 Å². The summed E-state index contributed by atoms with van der Waals surface area (Å²) in [5, 5.41) is 1.65. The number of amides is 2. The number of methoxy groups -OCH3 is 1. The minimum absolute atomic E-state index is 0.240. The second-order valence-electron chi connectivity index (χ2n) is 4.62. The molecule has 5 nitrogen and oxygen atoms in total. The molecule has 21 heavy (non-hydrogen) atoms. The Balaban J connectivity index is 2.11. The normalized spacial score (nSPS) is 13.5. The zero-order valence-corrected chi connectivity index (χ0v) is 12.2. The van der Waals surface area contributed by atoms with Crippen molar-refractivity contribution >= 4 is 34.8 Å². The van der Waals surface area contributed by atoms with Crippen LogP contribution in [0.3, 0.4) is 0 Å². The predicted octanol–water partition coefficient (Wildman–Crippen LogP) is 2.64. The van der Waals surface area contributed by atoms with Gasteiger partial charge in [0, 0.05) is 0 Å². The van der Waals surface area contributed by atoms with Crippen LogP contribution in [0.5, 0.6) is 0 Å². The van der Waals surface area contributed by atoms with E-state index in [2.05, 4.69) is 4.74 Å². The molecule has 2 amide bonds. The van der Waals surface area contributed by atoms with Gasteiger partial charge in [-0.3, -0.25) is 9.59 Å². The molecule has 2 aromatic rings. The summed E-state index contributed by atoms with van der Waals surface area (Å²) >= 11 is 1.13. The van der Waals surface area contributed by atoms with E-state index in [0.717, 1.165) is 21.8 Å². The lowest BCUT2D eigenvalue weighted by Crippen LogP contribution is -2.30. The van der Waals surface area contributed by atoms with Gasteiger partial charge in [-0.05, 0) is 30.5 Å². The van der Waals surface area contributed by atoms with Gasteiger partial charge in [0.25, 0.3) is 11.8 Å². The van der Waals surface area contributed by atoms with Gasteiger partial charge < -0.3 is 4.74 Å². The number of anilines is 1. The first-order valence-electron chi connectivity index (χ1n) is 6.20. The van der Waals surface area contributed by atoms with Crippen LogP contribution < -0.4 is 4.90 Å². The molecule has 1 aliphatic rings. The van der Waals surface area contributed by atoms with E-state index in [9.17, 15) is 14.4 Å². The van der Waals surface area contributed by atoms with Crippen molar-refractivity contribution in [2.45, 2.75) is 6.92 Å². The van der Waals surface area contributed by atoms with E-state index < -0.39 is 17.8 Å². The van der Waals surface area contributed by atoms with Crippen LogP contribution in [0.15, 0.2) is 29.6 Å². The van der Waals surface area contributed by atoms with Crippen molar-refractivity contribution in [1.82, 2.24) is 0 Å². The van der Waals surface area contributed by atoms with Crippen molar-refractivity contribution in [3.8, 4) is 0 Å². The number of fused-ring (bicyclic) bond motifs is 1. The van der Waals surface area contributed by atoms with E-state index in [1.165, 1.54) is 7.11 Å². The molecular weight excluding hydrogens is 290 g/mol. The fourth-order valence-electron chi connectivity index (χ4n) is 2.30. The molecule has 0 saturated carbocycles. The van der Waals surface area contributed by atoms with Crippen LogP contribution in [-0.4, -0.2) is 24.9 Å². The smallest absolute Gasteiger partial charge is 0.350 e. The maximum Gasteiger partial charge on any atom is 0.350 e. The third-order valence-corrected chi connectivity index (χ3v) is 4.18. The van der Waals surface area contributed by atoms with Crippen LogP contribution in [0, 0.1) is 6.92 Å². The molecule has 0 aliphatic carbocycles. The zero-order chi connectivity index (χ0) is 15.1. The lowest BCUT2D eigenvalue weighted by molar-refractivity contribution is 0.0607. The summed E-state index contributed by atoms with van der Waals surface area (Å²) < 4.78 is 4.68. The zero-order valence-electron chi connectivity index (χ0n) is 11.4. The van der Waals surface area contributed by atoms with E-state index in [-0.39, 0.29) is 10.6 Å². The van der Waals surface area contributed by atoms with Gasteiger partial charge in [-0.15, -0.1) is 11.3 Å². The summed E-state index contributed by atoms with van der Waals surface area (Å²) in [6, 6.07) is 6.67. The molecule has 0 radical (unpaired) electrons. The molecule has 6 heteroatoms. The van der Waals surface area contributed by atoms with Gasteiger partial charge in [0.2, 0.25) is 0 Å². The maximum absolute atomic E-state index is 12.5. The van der Waals surface area contributed by atoms with Crippen molar-refractivity contribution in [1.29, 1.82) is 0 Å². The van der Waals surface area contributed by atoms with Gasteiger partial charge >= 0.3 is 5.97 Å². The molecule has 1 aromatic heterocycles. The first-order valence-corrected chi connectivity index (χ1v) is 7.08. The summed E-state index contributed by atoms with van der Waals surface area (Å²) in [4.78, 5) is 37.9. The van der Waals surface area contributed by atoms with Crippen molar-refractivity contribution in [3.63, 3.8) is 0 Å². The predicted molar refractivity (Wildman–Crippen MR) is 78.0 cm³/mol. The Morgan fingerprint density at radius 2 is 1.86 bits per heavy atom. The molecule has 106 valence electrons. The Morgan fingerprint density at radius 3 is 2.57 bits per heavy atom. The maximum atomic E-state index is 12.5. The highest BCUT2D eigenvalue weighted by Gasteiger charge is 2.38. The summed E-state index contributed by atoms with van der Waals surface area (Å²) in [6.45, 7) is 1.85. The number of hydrogen-bond donors (Lipinski definition) is 0. The lowest BCUT2D eigenvalue weighted by atomic mass is 10.1. The molecule has 1 aromatic carbocycles. The number of carbonyl (C=O) groups excluding carboxylic acids is 3. The second-order valence-corrected chi connectivity index (χ2v) is 5.54. The Bertz CT molecular complexity index is 778. The number of hydrogen-bond acceptors (Lipinski definition) is 5. The van der Waals surface area contributed by atoms with Gasteiger partial charge in [-0.25, -0.2) is 9.69 Å². The quantitative estimate of drug-likeness (QED) is 0.632. The average Bonchev–Trinajstić information content (AvgIpc) is 3.03. The topological polar surface area (TPSA) is 63.7 Å². The molecule has 2 heterocycles. The molecule has 1 aliphatic heterocycles. The standard InChI is InChI=1S/C15H11NO4S/c1-8-3-4-9-10(7-8)14(18)16(13(9)17)11-5-6-21-12(11)15(19)20-2/h3-7H,1-2H3. The summed E-state index contributed by atoms with van der Waals surface area (Å²) in [6.07, 6.45) is 0. The summed E-state index contributed by atoms with van der Waals surface area (Å²) in [7, 11) is 1.26. The molecule has 3 rings (SSSR count). The fourth-order valence-corrected chi connectivity index (χ4v) is 3.09. The lowest BCUT2D eigenvalue weighted by Gasteiger charge is -2.13. The van der Waals surface area contributed by atoms with Crippen molar-refractivity contribution in [3.05, 3.63) is 51.2 Å². The number of carbonyl (C=O) groups is 3. The average molecular weight is 301 g/mol. The highest BCUT2D eigenvalue weighted by Crippen LogP contribution is 2.34. The summed E-state index contributed by atoms with van der Waals surface area (Å²) in [5.74, 6) is -1.39. The van der Waals surface area contributed by atoms with Gasteiger partial charge in [0.05, 0.1) is 23.9 Å². The number of imide groups is 1. The van der Waals surface area contributed by atoms with Gasteiger partial charge in [-0.1, -0.05) is 11.6 Å². The molecule has 0 atom stereocenters. The Hall–Kier alpha value is -2.47. The van der Waals surface area contributed by atoms with Crippen LogP contribution in [0.4, 0.5) is 5.69 Å². The van der Waals surface area contributed by atoms with E-state index in [1.807, 2.05) is 6.92 Å². The third kappa shape index (κ3) is 1.95. The molecule has 0 unspecified atom stereocenters. The Labute approximate surface area is 124 Å². The third-order valence-electron chi connectivity index (χ3n) is 3.30. The number of ether oxygens (including phenoxy) is 1. The van der Waals surface area contributed by atoms with E-state index in [4.69, 9.17) is 0 Å². The number of aryl methyl sites for hydroxylation is 1. The number of esters is 1. The number of nitrogens with zero attached hydrogens (tertiary/aromatic N) is 1. The minimum atomic E-state index is -0.562. The molecule has 0 saturated heterocycles. The summed E-state index contributed by atoms with van der Waals surface area (Å²) in [5.41, 5.74) is 1.89. The second kappa shape index (κ2) is 4.82. The molecule has 0 bridgehead atoms. The van der Waals surface area contributed by atoms with Crippen LogP contribution >= 0.6 is 11.3 Å². The Kier molecular flexibility index (Phi) is 3.10. The first kappa shape index (κ1) is 13.5. The van der Waals surface area contributed by atoms with Crippen LogP contribution in [0.2, 0.25) is 0 Å². The molecular formula is C15H11NO4S. The highest BCUT2D eigenvalue weighted by atomic mass is 32.1. The van der Waals surface area contributed by atoms with Crippen molar-refractivity contribution in [2.75, 3.05) is 12.0 Å². The highest BCUT2D eigenvalue weighted by molar-refractivity contribution is 7.12. The van der Waals surface area contributed by atoms with Crippen molar-refractivity contribution < 1.29 is 19.1 Å². The number of thiophene rings is 1. The minimum Gasteiger partial charge on any atom is -0.465 e. The van der Waals surface area contributed by atoms with E-state index >= 15 is 0 Å². The van der Waals surface area contributed by atoms with Crippen LogP contribution in [0.25, 0.3) is 0 Å². The number of rotatable bonds is 2. The van der Waals surface area contributed by atoms with Gasteiger partial charge in [0.1, 0.15) is 4.88 Å². The van der Waals surface area contributed by atoms with Crippen LogP contribution in [0.1, 0.15) is 36.0 Å². The van der Waals surface area contributed by atoms with Gasteiger partial charge in [-0.2, -0.15) is 0 Å². The van der Waals surface area contributed by atoms with E-state index in [0.29, 0.717) is 11.1 Å². The number of benzene rings is 1. The molecule has 0 N–H and O–H groups in total. The molecule has 0 fully saturated rings.